The molecular weight excluding hydrogens is 318 g/mol. The summed E-state index contributed by atoms with van der Waals surface area (Å²) in [5.41, 5.74) is 2.22. The quantitative estimate of drug-likeness (QED) is 0.539. The largest absolute Gasteiger partial charge is 0.497 e. The number of benzene rings is 1. The summed E-state index contributed by atoms with van der Waals surface area (Å²) in [6.07, 6.45) is 0.0617. The van der Waals surface area contributed by atoms with E-state index >= 15 is 0 Å². The van der Waals surface area contributed by atoms with Gasteiger partial charge in [0.15, 0.2) is 0 Å². The third kappa shape index (κ3) is 6.30. The topological polar surface area (TPSA) is 39.7 Å². The van der Waals surface area contributed by atoms with Crippen molar-refractivity contribution in [2.45, 2.75) is 46.5 Å². The molecule has 0 aliphatic heterocycles. The van der Waals surface area contributed by atoms with Crippen LogP contribution in [0.3, 0.4) is 0 Å². The van der Waals surface area contributed by atoms with Crippen LogP contribution in [-0.2, 0) is 11.0 Å². The van der Waals surface area contributed by atoms with Crippen molar-refractivity contribution in [2.75, 3.05) is 20.8 Å². The number of ether oxygens (including phenoxy) is 2. The summed E-state index contributed by atoms with van der Waals surface area (Å²) in [7, 11) is 2.55. The van der Waals surface area contributed by atoms with E-state index in [9.17, 15) is 0 Å². The van der Waals surface area contributed by atoms with Crippen LogP contribution >= 0.6 is 0 Å². The van der Waals surface area contributed by atoms with Crippen molar-refractivity contribution in [2.24, 2.45) is 5.41 Å². The minimum Gasteiger partial charge on any atom is -0.497 e. The number of methoxy groups -OCH3 is 2. The minimum atomic E-state index is -0.777. The molecule has 1 N–H and O–H groups in total. The molecular formula is C19H32NO3Si. The zero-order valence-electron chi connectivity index (χ0n) is 16.2. The van der Waals surface area contributed by atoms with Gasteiger partial charge in [-0.1, -0.05) is 33.4 Å². The summed E-state index contributed by atoms with van der Waals surface area (Å²) in [5.74, 6) is 1.62. The fourth-order valence-electron chi connectivity index (χ4n) is 2.56. The summed E-state index contributed by atoms with van der Waals surface area (Å²) in [4.78, 5) is 0. The fourth-order valence-corrected chi connectivity index (χ4v) is 3.55. The highest BCUT2D eigenvalue weighted by Crippen LogP contribution is 2.28. The lowest BCUT2D eigenvalue weighted by molar-refractivity contribution is 0.116. The summed E-state index contributed by atoms with van der Waals surface area (Å²) < 4.78 is 16.8. The first-order valence-corrected chi connectivity index (χ1v) is 10.7. The molecule has 0 aliphatic rings. The van der Waals surface area contributed by atoms with Crippen LogP contribution in [0.4, 0.5) is 0 Å². The Balaban J connectivity index is 2.67. The number of rotatable bonds is 9. The van der Waals surface area contributed by atoms with E-state index < -0.39 is 9.04 Å². The van der Waals surface area contributed by atoms with Gasteiger partial charge in [0.25, 0.3) is 0 Å². The standard InChI is InChI=1S/C19H32NO3Si/c1-14(18(19(2,3)4)23-24(7)8)12-20-13-15-9-10-16(21-5)11-17(15)22-6/h9-11,18,20H,1,12-13H2,2-8H3. The van der Waals surface area contributed by atoms with Gasteiger partial charge in [-0.15, -0.1) is 0 Å². The molecule has 0 fully saturated rings. The molecule has 5 heteroatoms. The van der Waals surface area contributed by atoms with Crippen LogP contribution in [0.25, 0.3) is 0 Å². The maximum absolute atomic E-state index is 6.18. The lowest BCUT2D eigenvalue weighted by Gasteiger charge is -2.34. The van der Waals surface area contributed by atoms with Gasteiger partial charge in [-0.3, -0.25) is 0 Å². The van der Waals surface area contributed by atoms with Gasteiger partial charge in [0, 0.05) is 24.7 Å². The second-order valence-electron chi connectivity index (χ2n) is 7.21. The predicted molar refractivity (Wildman–Crippen MR) is 102 cm³/mol. The van der Waals surface area contributed by atoms with Crippen molar-refractivity contribution < 1.29 is 13.9 Å². The minimum absolute atomic E-state index is 0.0402. The van der Waals surface area contributed by atoms with E-state index in [1.54, 1.807) is 14.2 Å². The molecule has 4 nitrogen and oxygen atoms in total. The maximum Gasteiger partial charge on any atom is 0.205 e. The highest BCUT2D eigenvalue weighted by Gasteiger charge is 2.28. The van der Waals surface area contributed by atoms with Crippen LogP contribution in [0.1, 0.15) is 26.3 Å². The van der Waals surface area contributed by atoms with E-state index in [0.29, 0.717) is 13.1 Å². The predicted octanol–water partition coefficient (Wildman–Crippen LogP) is 4.03. The van der Waals surface area contributed by atoms with Crippen molar-refractivity contribution in [3.8, 4) is 11.5 Å². The second kappa shape index (κ2) is 9.25. The third-order valence-electron chi connectivity index (χ3n) is 3.67. The molecule has 0 aromatic heterocycles. The smallest absolute Gasteiger partial charge is 0.205 e. The van der Waals surface area contributed by atoms with Gasteiger partial charge in [-0.2, -0.15) is 0 Å². The third-order valence-corrected chi connectivity index (χ3v) is 4.38. The van der Waals surface area contributed by atoms with E-state index in [2.05, 4.69) is 45.8 Å². The molecule has 0 aliphatic carbocycles. The van der Waals surface area contributed by atoms with Crippen molar-refractivity contribution in [3.63, 3.8) is 0 Å². The van der Waals surface area contributed by atoms with Crippen LogP contribution in [0.2, 0.25) is 13.1 Å². The molecule has 135 valence electrons. The normalized spacial score (nSPS) is 13.0. The molecule has 0 heterocycles. The highest BCUT2D eigenvalue weighted by molar-refractivity contribution is 6.48. The van der Waals surface area contributed by atoms with Gasteiger partial charge >= 0.3 is 0 Å². The van der Waals surface area contributed by atoms with Crippen LogP contribution in [0.5, 0.6) is 11.5 Å². The first-order chi connectivity index (χ1) is 11.2. The number of nitrogens with one attached hydrogen (secondary N) is 1. The molecule has 1 rings (SSSR count). The van der Waals surface area contributed by atoms with Crippen LogP contribution in [0.15, 0.2) is 30.4 Å². The first kappa shape index (κ1) is 20.7. The van der Waals surface area contributed by atoms with Crippen molar-refractivity contribution in [1.82, 2.24) is 5.32 Å². The second-order valence-corrected chi connectivity index (χ2v) is 9.26. The molecule has 0 amide bonds. The Morgan fingerprint density at radius 2 is 1.88 bits per heavy atom. The molecule has 0 spiro atoms. The van der Waals surface area contributed by atoms with E-state index in [4.69, 9.17) is 13.9 Å². The zero-order chi connectivity index (χ0) is 18.3. The van der Waals surface area contributed by atoms with Gasteiger partial charge < -0.3 is 19.2 Å². The Morgan fingerprint density at radius 1 is 1.21 bits per heavy atom. The van der Waals surface area contributed by atoms with Crippen LogP contribution in [0, 0.1) is 5.41 Å². The van der Waals surface area contributed by atoms with Gasteiger partial charge in [0.05, 0.1) is 20.3 Å². The van der Waals surface area contributed by atoms with Crippen LogP contribution < -0.4 is 14.8 Å². The Bertz CT molecular complexity index is 538. The fraction of sp³-hybridized carbons (Fsp3) is 0.579. The van der Waals surface area contributed by atoms with Crippen molar-refractivity contribution in [3.05, 3.63) is 35.9 Å². The Morgan fingerprint density at radius 3 is 2.38 bits per heavy atom. The zero-order valence-corrected chi connectivity index (χ0v) is 17.2. The first-order valence-electron chi connectivity index (χ1n) is 8.25. The lowest BCUT2D eigenvalue weighted by Crippen LogP contribution is -2.37. The molecule has 24 heavy (non-hydrogen) atoms. The molecule has 1 radical (unpaired) electrons. The van der Waals surface area contributed by atoms with E-state index in [1.165, 1.54) is 0 Å². The Labute approximate surface area is 148 Å². The summed E-state index contributed by atoms with van der Waals surface area (Å²) in [6.45, 7) is 16.6. The van der Waals surface area contributed by atoms with Crippen molar-refractivity contribution >= 4 is 9.04 Å². The molecule has 1 aromatic carbocycles. The lowest BCUT2D eigenvalue weighted by atomic mass is 9.85. The van der Waals surface area contributed by atoms with E-state index in [-0.39, 0.29) is 11.5 Å². The summed E-state index contributed by atoms with van der Waals surface area (Å²) >= 11 is 0. The Hall–Kier alpha value is -1.30. The van der Waals surface area contributed by atoms with E-state index in [1.807, 2.05) is 18.2 Å². The molecule has 1 atom stereocenters. The SMILES string of the molecule is C=C(CNCc1ccc(OC)cc1OC)C(O[Si](C)C)C(C)(C)C. The van der Waals surface area contributed by atoms with Gasteiger partial charge in [-0.05, 0) is 30.1 Å². The molecule has 0 saturated carbocycles. The van der Waals surface area contributed by atoms with Gasteiger partial charge in [0.2, 0.25) is 9.04 Å². The summed E-state index contributed by atoms with van der Waals surface area (Å²) in [6, 6.07) is 5.86. The van der Waals surface area contributed by atoms with Crippen molar-refractivity contribution in [1.29, 1.82) is 0 Å². The molecule has 0 saturated heterocycles. The monoisotopic (exact) mass is 350 g/mol. The molecule has 1 aromatic rings. The van der Waals surface area contributed by atoms with Crippen LogP contribution in [-0.4, -0.2) is 35.9 Å². The molecule has 0 bridgehead atoms. The van der Waals surface area contributed by atoms with E-state index in [0.717, 1.165) is 22.6 Å². The Kier molecular flexibility index (Phi) is 7.99. The van der Waals surface area contributed by atoms with Gasteiger partial charge in [0.1, 0.15) is 11.5 Å². The average molecular weight is 351 g/mol. The van der Waals surface area contributed by atoms with Gasteiger partial charge in [-0.25, -0.2) is 0 Å². The average Bonchev–Trinajstić information content (AvgIpc) is 2.51. The highest BCUT2D eigenvalue weighted by atomic mass is 28.3. The number of hydrogen-bond donors (Lipinski definition) is 1. The maximum atomic E-state index is 6.18. The summed E-state index contributed by atoms with van der Waals surface area (Å²) in [5, 5.41) is 3.45. The molecule has 1 unspecified atom stereocenters. The number of hydrogen-bond acceptors (Lipinski definition) is 4.